The van der Waals surface area contributed by atoms with Gasteiger partial charge in [0.15, 0.2) is 6.10 Å². The summed E-state index contributed by atoms with van der Waals surface area (Å²) in [7, 11) is 0. The molecule has 0 radical (unpaired) electrons. The summed E-state index contributed by atoms with van der Waals surface area (Å²) in [6, 6.07) is 29.1. The number of hydrogen-bond donors (Lipinski definition) is 0. The van der Waals surface area contributed by atoms with Crippen LogP contribution in [-0.4, -0.2) is 23.7 Å². The molecular formula is C28H31NO3. The van der Waals surface area contributed by atoms with Gasteiger partial charge in [0.05, 0.1) is 18.7 Å². The van der Waals surface area contributed by atoms with Gasteiger partial charge >= 0.3 is 5.97 Å². The van der Waals surface area contributed by atoms with Gasteiger partial charge in [0.2, 0.25) is 0 Å². The van der Waals surface area contributed by atoms with Gasteiger partial charge in [-0.25, -0.2) is 4.79 Å². The summed E-state index contributed by atoms with van der Waals surface area (Å²) in [5.74, 6) is 0.160. The van der Waals surface area contributed by atoms with Gasteiger partial charge in [-0.15, -0.1) is 0 Å². The van der Waals surface area contributed by atoms with Gasteiger partial charge in [-0.1, -0.05) is 98.8 Å². The van der Waals surface area contributed by atoms with Crippen molar-refractivity contribution in [2.45, 2.75) is 51.3 Å². The highest BCUT2D eigenvalue weighted by Gasteiger charge is 2.43. The summed E-state index contributed by atoms with van der Waals surface area (Å²) in [6.45, 7) is 6.55. The maximum absolute atomic E-state index is 12.6. The number of rotatable bonds is 7. The van der Waals surface area contributed by atoms with E-state index in [9.17, 15) is 4.79 Å². The molecule has 1 aliphatic rings. The Morgan fingerprint density at radius 1 is 0.906 bits per heavy atom. The number of esters is 1. The molecule has 4 heteroatoms. The van der Waals surface area contributed by atoms with Crippen molar-refractivity contribution in [3.63, 3.8) is 0 Å². The van der Waals surface area contributed by atoms with Crippen LogP contribution < -0.4 is 0 Å². The van der Waals surface area contributed by atoms with E-state index in [1.54, 1.807) is 0 Å². The quantitative estimate of drug-likeness (QED) is 0.419. The van der Waals surface area contributed by atoms with Crippen LogP contribution >= 0.6 is 0 Å². The molecule has 1 fully saturated rings. The lowest BCUT2D eigenvalue weighted by atomic mass is 9.93. The van der Waals surface area contributed by atoms with Crippen LogP contribution in [-0.2, 0) is 14.4 Å². The highest BCUT2D eigenvalue weighted by Crippen LogP contribution is 2.43. The molecule has 32 heavy (non-hydrogen) atoms. The fourth-order valence-corrected chi connectivity index (χ4v) is 4.33. The van der Waals surface area contributed by atoms with Crippen molar-refractivity contribution < 1.29 is 14.4 Å². The monoisotopic (exact) mass is 429 g/mol. The van der Waals surface area contributed by atoms with Gasteiger partial charge in [-0.2, -0.15) is 5.06 Å². The first kappa shape index (κ1) is 22.3. The van der Waals surface area contributed by atoms with Crippen LogP contribution in [0, 0.1) is 0 Å². The smallest absolute Gasteiger partial charge is 0.337 e. The second-order valence-corrected chi connectivity index (χ2v) is 8.50. The van der Waals surface area contributed by atoms with Crippen molar-refractivity contribution in [3.8, 4) is 0 Å². The fraction of sp³-hybridized carbons (Fsp3) is 0.321. The molecule has 0 bridgehead atoms. The lowest BCUT2D eigenvalue weighted by Crippen LogP contribution is -2.30. The third kappa shape index (κ3) is 4.77. The van der Waals surface area contributed by atoms with E-state index in [4.69, 9.17) is 9.57 Å². The van der Waals surface area contributed by atoms with E-state index in [1.165, 1.54) is 5.56 Å². The average Bonchev–Trinajstić information content (AvgIpc) is 3.26. The number of ether oxygens (including phenoxy) is 1. The Hall–Kier alpha value is -2.95. The molecule has 4 nitrogen and oxygen atoms in total. The van der Waals surface area contributed by atoms with Gasteiger partial charge in [-0.3, -0.25) is 4.84 Å². The molecule has 0 amide bonds. The molecular weight excluding hydrogens is 398 g/mol. The van der Waals surface area contributed by atoms with Crippen LogP contribution in [0.1, 0.15) is 67.4 Å². The van der Waals surface area contributed by atoms with E-state index in [0.29, 0.717) is 18.9 Å². The second kappa shape index (κ2) is 10.1. The zero-order valence-corrected chi connectivity index (χ0v) is 19.0. The number of hydrogen-bond acceptors (Lipinski definition) is 4. The Morgan fingerprint density at radius 2 is 1.47 bits per heavy atom. The summed E-state index contributed by atoms with van der Waals surface area (Å²) in [5.41, 5.74) is 4.67. The Bertz CT molecular complexity index is 962. The van der Waals surface area contributed by atoms with E-state index in [2.05, 4.69) is 62.4 Å². The molecule has 2 atom stereocenters. The van der Waals surface area contributed by atoms with Gasteiger partial charge in [0.25, 0.3) is 0 Å². The molecule has 166 valence electrons. The number of carbonyl (C=O) groups excluding carboxylic acids is 1. The molecule has 0 saturated carbocycles. The van der Waals surface area contributed by atoms with E-state index < -0.39 is 6.10 Å². The van der Waals surface area contributed by atoms with Crippen LogP contribution in [0.25, 0.3) is 0 Å². The molecule has 0 spiro atoms. The minimum atomic E-state index is -0.625. The molecule has 3 aromatic carbocycles. The highest BCUT2D eigenvalue weighted by molar-refractivity contribution is 5.75. The topological polar surface area (TPSA) is 38.8 Å². The summed E-state index contributed by atoms with van der Waals surface area (Å²) in [6.07, 6.45) is -0.0737. The lowest BCUT2D eigenvalue weighted by Gasteiger charge is -2.32. The minimum absolute atomic E-state index is 0.0731. The average molecular weight is 430 g/mol. The minimum Gasteiger partial charge on any atom is -0.464 e. The number of carbonyl (C=O) groups is 1. The van der Waals surface area contributed by atoms with E-state index in [-0.39, 0.29) is 18.1 Å². The lowest BCUT2D eigenvalue weighted by molar-refractivity contribution is -0.201. The third-order valence-corrected chi connectivity index (χ3v) is 6.02. The molecule has 2 unspecified atom stereocenters. The van der Waals surface area contributed by atoms with E-state index >= 15 is 0 Å². The highest BCUT2D eigenvalue weighted by atomic mass is 16.7. The predicted octanol–water partition coefficient (Wildman–Crippen LogP) is 6.21. The first-order valence-corrected chi connectivity index (χ1v) is 11.4. The second-order valence-electron chi connectivity index (χ2n) is 8.50. The summed E-state index contributed by atoms with van der Waals surface area (Å²) in [4.78, 5) is 19.0. The van der Waals surface area contributed by atoms with Crippen molar-refractivity contribution >= 4 is 5.97 Å². The predicted molar refractivity (Wildman–Crippen MR) is 126 cm³/mol. The van der Waals surface area contributed by atoms with Crippen LogP contribution in [0.15, 0.2) is 84.9 Å². The zero-order chi connectivity index (χ0) is 22.5. The van der Waals surface area contributed by atoms with Crippen molar-refractivity contribution in [1.29, 1.82) is 0 Å². The normalized spacial score (nSPS) is 18.9. The molecule has 0 N–H and O–H groups in total. The standard InChI is InChI=1S/C28H31NO3/c1-4-31-28(30)26-19-25(22-17-15-21(16-18-22)20(2)3)29(32-26)27(23-11-7-5-8-12-23)24-13-9-6-10-14-24/h5-18,20,25-27H,4,19H2,1-3H3. The molecule has 0 aliphatic carbocycles. The molecule has 1 heterocycles. The molecule has 1 aliphatic heterocycles. The summed E-state index contributed by atoms with van der Waals surface area (Å²) in [5, 5.41) is 2.00. The summed E-state index contributed by atoms with van der Waals surface area (Å²) >= 11 is 0. The van der Waals surface area contributed by atoms with Crippen molar-refractivity contribution in [2.75, 3.05) is 6.61 Å². The van der Waals surface area contributed by atoms with Gasteiger partial charge < -0.3 is 4.74 Å². The Kier molecular flexibility index (Phi) is 7.03. The Labute approximate surface area is 190 Å². The maximum atomic E-state index is 12.6. The molecule has 1 saturated heterocycles. The zero-order valence-electron chi connectivity index (χ0n) is 19.0. The van der Waals surface area contributed by atoms with Crippen molar-refractivity contribution in [1.82, 2.24) is 5.06 Å². The Morgan fingerprint density at radius 3 is 1.97 bits per heavy atom. The maximum Gasteiger partial charge on any atom is 0.337 e. The largest absolute Gasteiger partial charge is 0.464 e. The van der Waals surface area contributed by atoms with Gasteiger partial charge in [0, 0.05) is 6.42 Å². The molecule has 0 aromatic heterocycles. The van der Waals surface area contributed by atoms with E-state index in [0.717, 1.165) is 16.7 Å². The Balaban J connectivity index is 1.76. The fourth-order valence-electron chi connectivity index (χ4n) is 4.33. The van der Waals surface area contributed by atoms with E-state index in [1.807, 2.05) is 48.4 Å². The van der Waals surface area contributed by atoms with Crippen molar-refractivity contribution in [3.05, 3.63) is 107 Å². The number of hydroxylamine groups is 2. The van der Waals surface area contributed by atoms with Gasteiger partial charge in [0.1, 0.15) is 0 Å². The van der Waals surface area contributed by atoms with Crippen LogP contribution in [0.4, 0.5) is 0 Å². The first-order valence-electron chi connectivity index (χ1n) is 11.4. The van der Waals surface area contributed by atoms with Crippen molar-refractivity contribution in [2.24, 2.45) is 0 Å². The SMILES string of the molecule is CCOC(=O)C1CC(c2ccc(C(C)C)cc2)N(C(c2ccccc2)c2ccccc2)O1. The summed E-state index contributed by atoms with van der Waals surface area (Å²) < 4.78 is 5.31. The molecule has 4 rings (SSSR count). The van der Waals surface area contributed by atoms with Crippen LogP contribution in [0.5, 0.6) is 0 Å². The molecule has 3 aromatic rings. The number of nitrogens with zero attached hydrogens (tertiary/aromatic N) is 1. The number of benzene rings is 3. The van der Waals surface area contributed by atoms with Crippen LogP contribution in [0.3, 0.4) is 0 Å². The third-order valence-electron chi connectivity index (χ3n) is 6.02. The first-order chi connectivity index (χ1) is 15.6. The van der Waals surface area contributed by atoms with Crippen LogP contribution in [0.2, 0.25) is 0 Å². The van der Waals surface area contributed by atoms with Gasteiger partial charge in [-0.05, 0) is 35.1 Å².